The van der Waals surface area contributed by atoms with Gasteiger partial charge >= 0.3 is 0 Å². The number of fused-ring (bicyclic) bond motifs is 1. The topological polar surface area (TPSA) is 72.2 Å². The van der Waals surface area contributed by atoms with E-state index in [1.807, 2.05) is 12.1 Å². The second-order valence-corrected chi connectivity index (χ2v) is 3.76. The molecule has 0 radical (unpaired) electrons. The Morgan fingerprint density at radius 3 is 3.12 bits per heavy atom. The lowest BCUT2D eigenvalue weighted by Gasteiger charge is -2.18. The average molecular weight is 218 g/mol. The first kappa shape index (κ1) is 10.8. The highest BCUT2D eigenvalue weighted by atomic mass is 16.3. The van der Waals surface area contributed by atoms with Gasteiger partial charge in [0.2, 0.25) is 0 Å². The third-order valence-corrected chi connectivity index (χ3v) is 2.92. The Balaban J connectivity index is 2.16. The maximum absolute atomic E-state index is 9.22. The van der Waals surface area contributed by atoms with Crippen molar-refractivity contribution in [2.24, 2.45) is 5.11 Å². The smallest absolute Gasteiger partial charge is 0.0685 e. The predicted octanol–water partition coefficient (Wildman–Crippen LogP) is 1.85. The minimum atomic E-state index is 0.0906. The van der Waals surface area contributed by atoms with Crippen molar-refractivity contribution in [2.75, 3.05) is 24.5 Å². The number of benzene rings is 1. The maximum atomic E-state index is 9.22. The van der Waals surface area contributed by atoms with Crippen LogP contribution >= 0.6 is 0 Å². The molecule has 0 aliphatic carbocycles. The van der Waals surface area contributed by atoms with E-state index in [1.54, 1.807) is 0 Å². The van der Waals surface area contributed by atoms with Gasteiger partial charge in [0.1, 0.15) is 0 Å². The summed E-state index contributed by atoms with van der Waals surface area (Å²) in [6.45, 7) is 2.26. The van der Waals surface area contributed by atoms with E-state index in [-0.39, 0.29) is 6.61 Å². The van der Waals surface area contributed by atoms with Gasteiger partial charge in [-0.15, -0.1) is 0 Å². The quantitative estimate of drug-likeness (QED) is 0.476. The van der Waals surface area contributed by atoms with E-state index in [0.717, 1.165) is 25.1 Å². The maximum Gasteiger partial charge on any atom is 0.0685 e. The second-order valence-electron chi connectivity index (χ2n) is 3.76. The molecule has 0 saturated heterocycles. The molecule has 1 aliphatic heterocycles. The molecule has 0 aromatic heterocycles. The number of azide groups is 1. The van der Waals surface area contributed by atoms with E-state index in [2.05, 4.69) is 21.0 Å². The summed E-state index contributed by atoms with van der Waals surface area (Å²) < 4.78 is 0. The van der Waals surface area contributed by atoms with Gasteiger partial charge in [0.05, 0.1) is 6.61 Å². The van der Waals surface area contributed by atoms with E-state index in [1.165, 1.54) is 11.3 Å². The number of aliphatic hydroxyl groups is 1. The van der Waals surface area contributed by atoms with Crippen LogP contribution in [-0.2, 0) is 13.0 Å². The van der Waals surface area contributed by atoms with Crippen molar-refractivity contribution in [1.29, 1.82) is 0 Å². The van der Waals surface area contributed by atoms with Crippen LogP contribution in [0.2, 0.25) is 0 Å². The molecule has 1 heterocycles. The van der Waals surface area contributed by atoms with Crippen molar-refractivity contribution in [3.8, 4) is 0 Å². The first-order chi connectivity index (χ1) is 7.86. The molecule has 0 fully saturated rings. The number of nitrogens with zero attached hydrogens (tertiary/aromatic N) is 4. The molecule has 84 valence electrons. The standard InChI is InChI=1S/C11H14N4O/c12-14-13-5-7-15-6-4-10-9(8-16)2-1-3-11(10)15/h1-3,16H,4-8H2. The zero-order valence-corrected chi connectivity index (χ0v) is 9.00. The summed E-state index contributed by atoms with van der Waals surface area (Å²) >= 11 is 0. The van der Waals surface area contributed by atoms with E-state index in [4.69, 9.17) is 5.53 Å². The Labute approximate surface area is 93.9 Å². The van der Waals surface area contributed by atoms with Gasteiger partial charge in [-0.05, 0) is 29.1 Å². The van der Waals surface area contributed by atoms with Crippen molar-refractivity contribution in [3.63, 3.8) is 0 Å². The molecule has 1 aromatic rings. The van der Waals surface area contributed by atoms with Gasteiger partial charge in [0, 0.05) is 30.2 Å². The van der Waals surface area contributed by atoms with Crippen molar-refractivity contribution in [2.45, 2.75) is 13.0 Å². The Bertz CT molecular complexity index is 426. The Kier molecular flexibility index (Phi) is 3.29. The molecule has 0 bridgehead atoms. The first-order valence-corrected chi connectivity index (χ1v) is 5.34. The van der Waals surface area contributed by atoms with Gasteiger partial charge in [-0.2, -0.15) is 0 Å². The Morgan fingerprint density at radius 2 is 2.38 bits per heavy atom. The monoisotopic (exact) mass is 218 g/mol. The second kappa shape index (κ2) is 4.88. The average Bonchev–Trinajstić information content (AvgIpc) is 2.73. The molecule has 0 atom stereocenters. The molecule has 0 unspecified atom stereocenters. The molecular formula is C11H14N4O. The van der Waals surface area contributed by atoms with Gasteiger partial charge in [-0.3, -0.25) is 0 Å². The summed E-state index contributed by atoms with van der Waals surface area (Å²) in [5.41, 5.74) is 11.6. The Morgan fingerprint density at radius 1 is 1.50 bits per heavy atom. The highest BCUT2D eigenvalue weighted by Crippen LogP contribution is 2.30. The number of hydrogen-bond acceptors (Lipinski definition) is 3. The molecule has 0 amide bonds. The van der Waals surface area contributed by atoms with Crippen LogP contribution in [0.3, 0.4) is 0 Å². The lowest BCUT2D eigenvalue weighted by atomic mass is 10.1. The fraction of sp³-hybridized carbons (Fsp3) is 0.455. The Hall–Kier alpha value is -1.71. The molecular weight excluding hydrogens is 204 g/mol. The van der Waals surface area contributed by atoms with E-state index >= 15 is 0 Å². The van der Waals surface area contributed by atoms with Crippen molar-refractivity contribution >= 4 is 5.69 Å². The third-order valence-electron chi connectivity index (χ3n) is 2.92. The fourth-order valence-corrected chi connectivity index (χ4v) is 2.16. The predicted molar refractivity (Wildman–Crippen MR) is 62.3 cm³/mol. The van der Waals surface area contributed by atoms with Crippen molar-refractivity contribution < 1.29 is 5.11 Å². The van der Waals surface area contributed by atoms with Crippen LogP contribution < -0.4 is 4.90 Å². The molecule has 5 nitrogen and oxygen atoms in total. The molecule has 16 heavy (non-hydrogen) atoms. The minimum Gasteiger partial charge on any atom is -0.392 e. The molecule has 1 N–H and O–H groups in total. The van der Waals surface area contributed by atoms with Crippen molar-refractivity contribution in [3.05, 3.63) is 39.8 Å². The third kappa shape index (κ3) is 1.96. The SMILES string of the molecule is [N-]=[N+]=NCCN1CCc2c(CO)cccc21. The zero-order valence-electron chi connectivity index (χ0n) is 9.00. The molecule has 2 rings (SSSR count). The number of anilines is 1. The number of hydrogen-bond donors (Lipinski definition) is 1. The van der Waals surface area contributed by atoms with Crippen LogP contribution in [0.4, 0.5) is 5.69 Å². The van der Waals surface area contributed by atoms with Gasteiger partial charge in [-0.1, -0.05) is 17.2 Å². The van der Waals surface area contributed by atoms with Crippen LogP contribution in [-0.4, -0.2) is 24.7 Å². The highest BCUT2D eigenvalue weighted by Gasteiger charge is 2.20. The molecule has 5 heteroatoms. The van der Waals surface area contributed by atoms with Gasteiger partial charge in [0.25, 0.3) is 0 Å². The van der Waals surface area contributed by atoms with Crippen LogP contribution in [0, 0.1) is 0 Å². The van der Waals surface area contributed by atoms with Crippen LogP contribution in [0.25, 0.3) is 10.4 Å². The van der Waals surface area contributed by atoms with E-state index < -0.39 is 0 Å². The van der Waals surface area contributed by atoms with Crippen LogP contribution in [0.15, 0.2) is 23.3 Å². The lowest BCUT2D eigenvalue weighted by Crippen LogP contribution is -2.23. The number of rotatable bonds is 4. The van der Waals surface area contributed by atoms with Crippen molar-refractivity contribution in [1.82, 2.24) is 0 Å². The lowest BCUT2D eigenvalue weighted by molar-refractivity contribution is 0.281. The zero-order chi connectivity index (χ0) is 11.4. The molecule has 1 aromatic carbocycles. The largest absolute Gasteiger partial charge is 0.392 e. The summed E-state index contributed by atoms with van der Waals surface area (Å²) in [5, 5.41) is 12.8. The summed E-state index contributed by atoms with van der Waals surface area (Å²) in [4.78, 5) is 4.94. The number of aliphatic hydroxyl groups excluding tert-OH is 1. The summed E-state index contributed by atoms with van der Waals surface area (Å²) in [5.74, 6) is 0. The van der Waals surface area contributed by atoms with Gasteiger partial charge in [0.15, 0.2) is 0 Å². The van der Waals surface area contributed by atoms with Crippen LogP contribution in [0.5, 0.6) is 0 Å². The fourth-order valence-electron chi connectivity index (χ4n) is 2.16. The molecule has 0 saturated carbocycles. The summed E-state index contributed by atoms with van der Waals surface area (Å²) in [6, 6.07) is 5.96. The first-order valence-electron chi connectivity index (χ1n) is 5.34. The molecule has 1 aliphatic rings. The molecule has 0 spiro atoms. The minimum absolute atomic E-state index is 0.0906. The summed E-state index contributed by atoms with van der Waals surface area (Å²) in [6.07, 6.45) is 0.961. The summed E-state index contributed by atoms with van der Waals surface area (Å²) in [7, 11) is 0. The van der Waals surface area contributed by atoms with Gasteiger partial charge < -0.3 is 10.0 Å². The normalized spacial score (nSPS) is 13.4. The van der Waals surface area contributed by atoms with E-state index in [0.29, 0.717) is 6.54 Å². The van der Waals surface area contributed by atoms with Gasteiger partial charge in [-0.25, -0.2) is 0 Å². The highest BCUT2D eigenvalue weighted by molar-refractivity contribution is 5.60. The van der Waals surface area contributed by atoms with Crippen LogP contribution in [0.1, 0.15) is 11.1 Å². The van der Waals surface area contributed by atoms with E-state index in [9.17, 15) is 5.11 Å².